The van der Waals surface area contributed by atoms with Crippen molar-refractivity contribution in [3.63, 3.8) is 0 Å². The van der Waals surface area contributed by atoms with Gasteiger partial charge in [-0.1, -0.05) is 219 Å². The molecule has 0 bridgehead atoms. The number of nitrogens with zero attached hydrogens (tertiary/aromatic N) is 1. The lowest BCUT2D eigenvalue weighted by atomic mass is 9.90. The lowest BCUT2D eigenvalue weighted by Crippen LogP contribution is -2.35. The molecule has 0 N–H and O–H groups in total. The Morgan fingerprint density at radius 2 is 0.622 bits per heavy atom. The molecule has 0 aliphatic heterocycles. The fourth-order valence-corrected chi connectivity index (χ4v) is 6.89. The highest BCUT2D eigenvalue weighted by Crippen LogP contribution is 2.39. The Bertz CT molecular complexity index is 1090. The SMILES string of the molecule is CC(C)CCCCCCCCCCCCCCCN(C(c1ccccc1)c1ccccc1)C(c1ccccc1)c1ccccc1. The summed E-state index contributed by atoms with van der Waals surface area (Å²) in [7, 11) is 0. The highest BCUT2D eigenvalue weighted by atomic mass is 15.2. The molecule has 0 spiro atoms. The van der Waals surface area contributed by atoms with Gasteiger partial charge in [-0.05, 0) is 34.6 Å². The minimum absolute atomic E-state index is 0.174. The number of unbranched alkanes of at least 4 members (excludes halogenated alkanes) is 12. The summed E-state index contributed by atoms with van der Waals surface area (Å²) in [6.07, 6.45) is 19.4. The molecule has 0 aliphatic carbocycles. The highest BCUT2D eigenvalue weighted by Gasteiger charge is 2.30. The maximum Gasteiger partial charge on any atom is 0.0610 e. The molecule has 0 heterocycles. The van der Waals surface area contributed by atoms with Crippen LogP contribution in [0.5, 0.6) is 0 Å². The smallest absolute Gasteiger partial charge is 0.0610 e. The summed E-state index contributed by atoms with van der Waals surface area (Å²) >= 11 is 0. The van der Waals surface area contributed by atoms with Gasteiger partial charge < -0.3 is 0 Å². The third kappa shape index (κ3) is 12.3. The Labute approximate surface area is 276 Å². The van der Waals surface area contributed by atoms with Crippen molar-refractivity contribution in [1.82, 2.24) is 4.90 Å². The van der Waals surface area contributed by atoms with E-state index in [1.54, 1.807) is 0 Å². The zero-order chi connectivity index (χ0) is 31.4. The molecule has 4 aromatic rings. The topological polar surface area (TPSA) is 3.24 Å². The van der Waals surface area contributed by atoms with E-state index >= 15 is 0 Å². The molecule has 0 fully saturated rings. The summed E-state index contributed by atoms with van der Waals surface area (Å²) in [6.45, 7) is 5.74. The first kappa shape index (κ1) is 34.7. The van der Waals surface area contributed by atoms with Crippen molar-refractivity contribution in [1.29, 1.82) is 0 Å². The van der Waals surface area contributed by atoms with Gasteiger partial charge >= 0.3 is 0 Å². The molecule has 0 saturated carbocycles. The lowest BCUT2D eigenvalue weighted by molar-refractivity contribution is 0.176. The van der Waals surface area contributed by atoms with Crippen LogP contribution >= 0.6 is 0 Å². The van der Waals surface area contributed by atoms with Crippen molar-refractivity contribution in [2.24, 2.45) is 5.92 Å². The van der Waals surface area contributed by atoms with E-state index < -0.39 is 0 Å². The van der Waals surface area contributed by atoms with Crippen LogP contribution < -0.4 is 0 Å². The van der Waals surface area contributed by atoms with Crippen LogP contribution in [0, 0.1) is 5.92 Å². The van der Waals surface area contributed by atoms with Gasteiger partial charge in [0.2, 0.25) is 0 Å². The molecular weight excluding hydrogens is 542 g/mol. The van der Waals surface area contributed by atoms with Gasteiger partial charge in [0.25, 0.3) is 0 Å². The Kier molecular flexibility index (Phi) is 16.0. The summed E-state index contributed by atoms with van der Waals surface area (Å²) < 4.78 is 0. The summed E-state index contributed by atoms with van der Waals surface area (Å²) in [5.74, 6) is 0.866. The normalized spacial score (nSPS) is 11.7. The highest BCUT2D eigenvalue weighted by molar-refractivity contribution is 5.37. The average molecular weight is 602 g/mol. The van der Waals surface area contributed by atoms with Crippen molar-refractivity contribution in [3.8, 4) is 0 Å². The molecule has 0 aliphatic rings. The van der Waals surface area contributed by atoms with Gasteiger partial charge in [-0.25, -0.2) is 0 Å². The van der Waals surface area contributed by atoms with E-state index in [-0.39, 0.29) is 12.1 Å². The number of rotatable bonds is 22. The van der Waals surface area contributed by atoms with E-state index in [0.717, 1.165) is 12.5 Å². The van der Waals surface area contributed by atoms with E-state index in [2.05, 4.69) is 140 Å². The van der Waals surface area contributed by atoms with Crippen LogP contribution in [-0.4, -0.2) is 11.4 Å². The summed E-state index contributed by atoms with van der Waals surface area (Å²) in [5, 5.41) is 0. The zero-order valence-electron chi connectivity index (χ0n) is 28.3. The first-order chi connectivity index (χ1) is 22.2. The standard InChI is InChI=1S/C44H59N/c1-38(2)28-18-12-10-8-6-4-3-5-7-9-11-13-27-37-45(43(39-29-19-14-20-30-39)40-31-21-15-22-32-40)44(41-33-23-16-24-34-41)42-35-25-17-26-36-42/h14-17,19-26,29-36,38,43-44H,3-13,18,27-28,37H2,1-2H3. The number of hydrogen-bond acceptors (Lipinski definition) is 1. The second-order valence-corrected chi connectivity index (χ2v) is 13.5. The van der Waals surface area contributed by atoms with Crippen molar-refractivity contribution in [2.75, 3.05) is 6.54 Å². The van der Waals surface area contributed by atoms with Crippen LogP contribution in [0.4, 0.5) is 0 Å². The minimum atomic E-state index is 0.174. The van der Waals surface area contributed by atoms with E-state index in [1.165, 1.54) is 112 Å². The van der Waals surface area contributed by atoms with Crippen LogP contribution in [-0.2, 0) is 0 Å². The van der Waals surface area contributed by atoms with Crippen LogP contribution in [0.1, 0.15) is 138 Å². The first-order valence-electron chi connectivity index (χ1n) is 18.2. The predicted molar refractivity (Wildman–Crippen MR) is 196 cm³/mol. The Hall–Kier alpha value is -3.16. The molecule has 240 valence electrons. The van der Waals surface area contributed by atoms with Gasteiger partial charge in [-0.15, -0.1) is 0 Å². The fourth-order valence-electron chi connectivity index (χ4n) is 6.89. The minimum Gasteiger partial charge on any atom is -0.281 e. The van der Waals surface area contributed by atoms with E-state index in [4.69, 9.17) is 0 Å². The zero-order valence-corrected chi connectivity index (χ0v) is 28.3. The van der Waals surface area contributed by atoms with Gasteiger partial charge in [0.05, 0.1) is 12.1 Å². The van der Waals surface area contributed by atoms with E-state index in [9.17, 15) is 0 Å². The molecule has 0 atom stereocenters. The van der Waals surface area contributed by atoms with Gasteiger partial charge in [-0.2, -0.15) is 0 Å². The lowest BCUT2D eigenvalue weighted by Gasteiger charge is -2.39. The Morgan fingerprint density at radius 1 is 0.356 bits per heavy atom. The molecule has 1 heteroatoms. The summed E-state index contributed by atoms with van der Waals surface area (Å²) in [4.78, 5) is 2.78. The third-order valence-corrected chi connectivity index (χ3v) is 9.32. The fraction of sp³-hybridized carbons (Fsp3) is 0.455. The maximum absolute atomic E-state index is 2.78. The van der Waals surface area contributed by atoms with Gasteiger partial charge in [-0.3, -0.25) is 4.90 Å². The molecule has 0 unspecified atom stereocenters. The predicted octanol–water partition coefficient (Wildman–Crippen LogP) is 13.0. The van der Waals surface area contributed by atoms with E-state index in [0.29, 0.717) is 0 Å². The molecule has 0 radical (unpaired) electrons. The molecule has 45 heavy (non-hydrogen) atoms. The molecule has 0 aromatic heterocycles. The monoisotopic (exact) mass is 601 g/mol. The molecule has 4 rings (SSSR count). The third-order valence-electron chi connectivity index (χ3n) is 9.32. The Balaban J connectivity index is 1.36. The second-order valence-electron chi connectivity index (χ2n) is 13.5. The van der Waals surface area contributed by atoms with Crippen molar-refractivity contribution >= 4 is 0 Å². The van der Waals surface area contributed by atoms with Crippen molar-refractivity contribution in [3.05, 3.63) is 144 Å². The average Bonchev–Trinajstić information content (AvgIpc) is 3.08. The van der Waals surface area contributed by atoms with Gasteiger partial charge in [0, 0.05) is 6.54 Å². The molecule has 4 aromatic carbocycles. The largest absolute Gasteiger partial charge is 0.281 e. The molecule has 0 amide bonds. The van der Waals surface area contributed by atoms with Crippen LogP contribution in [0.15, 0.2) is 121 Å². The molecule has 0 saturated heterocycles. The second kappa shape index (κ2) is 20.8. The van der Waals surface area contributed by atoms with Crippen molar-refractivity contribution in [2.45, 2.75) is 116 Å². The Morgan fingerprint density at radius 3 is 0.911 bits per heavy atom. The van der Waals surface area contributed by atoms with Crippen LogP contribution in [0.2, 0.25) is 0 Å². The summed E-state index contributed by atoms with van der Waals surface area (Å²) in [5.41, 5.74) is 5.43. The van der Waals surface area contributed by atoms with Crippen molar-refractivity contribution < 1.29 is 0 Å². The van der Waals surface area contributed by atoms with Gasteiger partial charge in [0.15, 0.2) is 0 Å². The first-order valence-corrected chi connectivity index (χ1v) is 18.2. The van der Waals surface area contributed by atoms with Crippen LogP contribution in [0.3, 0.4) is 0 Å². The van der Waals surface area contributed by atoms with Crippen LogP contribution in [0.25, 0.3) is 0 Å². The molecule has 1 nitrogen and oxygen atoms in total. The maximum atomic E-state index is 2.78. The van der Waals surface area contributed by atoms with Gasteiger partial charge in [0.1, 0.15) is 0 Å². The van der Waals surface area contributed by atoms with E-state index in [1.807, 2.05) is 0 Å². The number of hydrogen-bond donors (Lipinski definition) is 0. The quantitative estimate of drug-likeness (QED) is 0.0810. The summed E-state index contributed by atoms with van der Waals surface area (Å²) in [6, 6.07) is 44.9. The molecular formula is C44H59N. The number of benzene rings is 4.